The number of piperidine rings is 1. The number of benzene rings is 1. The number of nitrogens with one attached hydrogen (secondary N) is 2. The smallest absolute Gasteiger partial charge is 0.328 e. The van der Waals surface area contributed by atoms with Crippen molar-refractivity contribution in [1.29, 1.82) is 0 Å². The van der Waals surface area contributed by atoms with Crippen LogP contribution in [0.5, 0.6) is 0 Å². The number of amides is 5. The molecule has 3 rings (SSSR count). The number of hydrogen-bond donors (Lipinski definition) is 2. The van der Waals surface area contributed by atoms with E-state index in [1.54, 1.807) is 24.3 Å². The number of unbranched alkanes of at least 4 members (excludes halogenated alkanes) is 2. The van der Waals surface area contributed by atoms with Crippen molar-refractivity contribution in [2.75, 3.05) is 29.9 Å². The zero-order chi connectivity index (χ0) is 23.1. The lowest BCUT2D eigenvalue weighted by Crippen LogP contribution is -2.49. The first-order valence-electron chi connectivity index (χ1n) is 10.9. The number of imide groups is 1. The van der Waals surface area contributed by atoms with E-state index >= 15 is 0 Å². The van der Waals surface area contributed by atoms with E-state index in [2.05, 4.69) is 10.6 Å². The van der Waals surface area contributed by atoms with Gasteiger partial charge in [0.2, 0.25) is 17.7 Å². The molecule has 0 aliphatic carbocycles. The second kappa shape index (κ2) is 10.5. The normalized spacial score (nSPS) is 18.3. The molecule has 0 bridgehead atoms. The molecule has 2 saturated heterocycles. The Morgan fingerprint density at radius 3 is 2.47 bits per heavy atom. The number of alkyl halides is 2. The molecule has 32 heavy (non-hydrogen) atoms. The second-order valence-electron chi connectivity index (χ2n) is 8.15. The van der Waals surface area contributed by atoms with E-state index in [9.17, 15) is 28.0 Å². The molecule has 2 N–H and O–H groups in total. The standard InChI is InChI=1S/C22H28F2N4O4/c23-22(24)10-13-27(14-11-22)20(31)8-3-1-2-7-18(29)25-16-5-4-6-17(15-16)28-12-9-19(30)26-21(28)32/h4-6,15H,1-3,7-14H2,(H,25,29)(H,26,30,32). The fourth-order valence-electron chi connectivity index (χ4n) is 3.77. The molecule has 8 nitrogen and oxygen atoms in total. The Bertz CT molecular complexity index is 867. The third kappa shape index (κ3) is 6.73. The minimum absolute atomic E-state index is 0.0999. The van der Waals surface area contributed by atoms with Crippen LogP contribution in [0.25, 0.3) is 0 Å². The van der Waals surface area contributed by atoms with Crippen molar-refractivity contribution in [3.8, 4) is 0 Å². The average molecular weight is 450 g/mol. The summed E-state index contributed by atoms with van der Waals surface area (Å²) >= 11 is 0. The summed E-state index contributed by atoms with van der Waals surface area (Å²) in [5.41, 5.74) is 1.14. The number of hydrogen-bond acceptors (Lipinski definition) is 4. The number of anilines is 2. The van der Waals surface area contributed by atoms with Crippen LogP contribution in [0.1, 0.15) is 51.4 Å². The fraction of sp³-hybridized carbons (Fsp3) is 0.545. The number of halogens is 2. The molecule has 1 aromatic rings. The second-order valence-corrected chi connectivity index (χ2v) is 8.15. The first-order chi connectivity index (χ1) is 15.2. The Hall–Kier alpha value is -3.04. The molecule has 2 fully saturated rings. The maximum atomic E-state index is 13.2. The number of carbonyl (C=O) groups is 4. The van der Waals surface area contributed by atoms with Crippen LogP contribution in [0.2, 0.25) is 0 Å². The van der Waals surface area contributed by atoms with Crippen LogP contribution in [-0.4, -0.2) is 54.2 Å². The van der Waals surface area contributed by atoms with Crippen LogP contribution in [0.15, 0.2) is 24.3 Å². The van der Waals surface area contributed by atoms with Crippen LogP contribution < -0.4 is 15.5 Å². The summed E-state index contributed by atoms with van der Waals surface area (Å²) in [6.45, 7) is 0.478. The summed E-state index contributed by atoms with van der Waals surface area (Å²) in [6.07, 6.45) is 2.15. The Morgan fingerprint density at radius 2 is 1.75 bits per heavy atom. The Morgan fingerprint density at radius 1 is 1.03 bits per heavy atom. The monoisotopic (exact) mass is 450 g/mol. The summed E-state index contributed by atoms with van der Waals surface area (Å²) < 4.78 is 26.3. The third-order valence-electron chi connectivity index (χ3n) is 5.64. The molecule has 0 saturated carbocycles. The Kier molecular flexibility index (Phi) is 7.76. The van der Waals surface area contributed by atoms with Gasteiger partial charge in [-0.15, -0.1) is 0 Å². The van der Waals surface area contributed by atoms with E-state index in [4.69, 9.17) is 0 Å². The molecule has 0 spiro atoms. The third-order valence-corrected chi connectivity index (χ3v) is 5.64. The van der Waals surface area contributed by atoms with Crippen LogP contribution in [0.4, 0.5) is 25.0 Å². The topological polar surface area (TPSA) is 98.8 Å². The highest BCUT2D eigenvalue weighted by Crippen LogP contribution is 2.28. The molecule has 2 heterocycles. The zero-order valence-corrected chi connectivity index (χ0v) is 17.9. The van der Waals surface area contributed by atoms with Gasteiger partial charge in [0.15, 0.2) is 0 Å². The predicted molar refractivity (Wildman–Crippen MR) is 114 cm³/mol. The van der Waals surface area contributed by atoms with Crippen molar-refractivity contribution < 1.29 is 28.0 Å². The first-order valence-corrected chi connectivity index (χ1v) is 10.9. The number of urea groups is 1. The van der Waals surface area contributed by atoms with Gasteiger partial charge in [0.25, 0.3) is 5.92 Å². The van der Waals surface area contributed by atoms with E-state index in [1.165, 1.54) is 9.80 Å². The summed E-state index contributed by atoms with van der Waals surface area (Å²) in [4.78, 5) is 50.5. The van der Waals surface area contributed by atoms with Crippen molar-refractivity contribution in [1.82, 2.24) is 10.2 Å². The van der Waals surface area contributed by atoms with E-state index in [0.29, 0.717) is 37.1 Å². The van der Waals surface area contributed by atoms with Gasteiger partial charge >= 0.3 is 6.03 Å². The molecular formula is C22H28F2N4O4. The maximum Gasteiger partial charge on any atom is 0.328 e. The first kappa shape index (κ1) is 23.6. The van der Waals surface area contributed by atoms with Crippen LogP contribution in [0.3, 0.4) is 0 Å². The quantitative estimate of drug-likeness (QED) is 0.594. The average Bonchev–Trinajstić information content (AvgIpc) is 2.73. The summed E-state index contributed by atoms with van der Waals surface area (Å²) in [7, 11) is 0. The Labute approximate surface area is 185 Å². The van der Waals surface area contributed by atoms with Gasteiger partial charge in [0.1, 0.15) is 0 Å². The molecule has 2 aliphatic rings. The molecule has 0 radical (unpaired) electrons. The molecule has 0 unspecified atom stereocenters. The van der Waals surface area contributed by atoms with E-state index in [-0.39, 0.29) is 63.0 Å². The van der Waals surface area contributed by atoms with Gasteiger partial charge < -0.3 is 10.2 Å². The highest BCUT2D eigenvalue weighted by atomic mass is 19.3. The van der Waals surface area contributed by atoms with Crippen LogP contribution in [0, 0.1) is 0 Å². The number of carbonyl (C=O) groups excluding carboxylic acids is 4. The largest absolute Gasteiger partial charge is 0.342 e. The summed E-state index contributed by atoms with van der Waals surface area (Å²) in [6, 6.07) is 6.35. The predicted octanol–water partition coefficient (Wildman–Crippen LogP) is 3.28. The molecule has 0 aromatic heterocycles. The molecule has 174 valence electrons. The van der Waals surface area contributed by atoms with Gasteiger partial charge in [-0.3, -0.25) is 24.6 Å². The fourth-order valence-corrected chi connectivity index (χ4v) is 3.77. The molecule has 2 aliphatic heterocycles. The summed E-state index contributed by atoms with van der Waals surface area (Å²) in [5.74, 6) is -3.26. The van der Waals surface area contributed by atoms with Crippen molar-refractivity contribution in [3.63, 3.8) is 0 Å². The number of rotatable bonds is 8. The van der Waals surface area contributed by atoms with Gasteiger partial charge in [-0.05, 0) is 31.0 Å². The molecule has 10 heteroatoms. The molecule has 5 amide bonds. The lowest BCUT2D eigenvalue weighted by Gasteiger charge is -2.31. The van der Waals surface area contributed by atoms with Gasteiger partial charge in [-0.25, -0.2) is 13.6 Å². The van der Waals surface area contributed by atoms with Gasteiger partial charge in [0.05, 0.1) is 0 Å². The van der Waals surface area contributed by atoms with Gasteiger partial charge in [0, 0.05) is 63.1 Å². The molecule has 1 aromatic carbocycles. The van der Waals surface area contributed by atoms with Crippen molar-refractivity contribution in [2.45, 2.75) is 57.3 Å². The zero-order valence-electron chi connectivity index (χ0n) is 17.9. The van der Waals surface area contributed by atoms with E-state index in [1.807, 2.05) is 0 Å². The maximum absolute atomic E-state index is 13.2. The lowest BCUT2D eigenvalue weighted by molar-refractivity contribution is -0.137. The Balaban J connectivity index is 1.35. The lowest BCUT2D eigenvalue weighted by atomic mass is 10.1. The van der Waals surface area contributed by atoms with Crippen molar-refractivity contribution >= 4 is 35.1 Å². The number of nitrogens with zero attached hydrogens (tertiary/aromatic N) is 2. The van der Waals surface area contributed by atoms with Crippen LogP contribution in [-0.2, 0) is 14.4 Å². The van der Waals surface area contributed by atoms with E-state index in [0.717, 1.165) is 0 Å². The van der Waals surface area contributed by atoms with Gasteiger partial charge in [-0.1, -0.05) is 12.5 Å². The van der Waals surface area contributed by atoms with Crippen LogP contribution >= 0.6 is 0 Å². The number of likely N-dealkylation sites (tertiary alicyclic amines) is 1. The highest BCUT2D eigenvalue weighted by molar-refractivity contribution is 6.06. The van der Waals surface area contributed by atoms with Crippen molar-refractivity contribution in [3.05, 3.63) is 24.3 Å². The minimum atomic E-state index is -2.66. The molecular weight excluding hydrogens is 422 g/mol. The van der Waals surface area contributed by atoms with Gasteiger partial charge in [-0.2, -0.15) is 0 Å². The minimum Gasteiger partial charge on any atom is -0.342 e. The summed E-state index contributed by atoms with van der Waals surface area (Å²) in [5, 5.41) is 5.05. The highest BCUT2D eigenvalue weighted by Gasteiger charge is 2.35. The van der Waals surface area contributed by atoms with E-state index < -0.39 is 12.0 Å². The SMILES string of the molecule is O=C1CCN(c2cccc(NC(=O)CCCCCC(=O)N3CCC(F)(F)CC3)c2)C(=O)N1. The molecule has 0 atom stereocenters. The van der Waals surface area contributed by atoms with Crippen molar-refractivity contribution in [2.24, 2.45) is 0 Å².